The molecule has 0 radical (unpaired) electrons. The van der Waals surface area contributed by atoms with Crippen molar-refractivity contribution in [1.82, 2.24) is 15.1 Å². The van der Waals surface area contributed by atoms with Crippen LogP contribution >= 0.6 is 11.6 Å². The quantitative estimate of drug-likeness (QED) is 0.546. The van der Waals surface area contributed by atoms with Crippen LogP contribution in [0.15, 0.2) is 6.08 Å². The van der Waals surface area contributed by atoms with E-state index in [0.717, 1.165) is 25.7 Å². The topological polar surface area (TPSA) is 107 Å². The Morgan fingerprint density at radius 1 is 1.32 bits per heavy atom. The standard InChI is InChI=1S/C18H24ClN3O5S/c1-12-15(18(19)22(21-12)14-8-9-28(25,26)11-14)6-7-17(24)27-10-16(23)20-13-4-2-3-5-13/h6-7,13-14H,2-5,8-11H2,1H3,(H,20,23)/b7-6+/t14-/m1/s1. The molecule has 1 aromatic heterocycles. The number of halogens is 1. The Bertz CT molecular complexity index is 887. The van der Waals surface area contributed by atoms with Gasteiger partial charge in [-0.3, -0.25) is 4.79 Å². The molecule has 1 aliphatic heterocycles. The first-order valence-corrected chi connectivity index (χ1v) is 11.5. The number of nitrogens with one attached hydrogen (secondary N) is 1. The number of rotatable bonds is 6. The second-order valence-electron chi connectivity index (χ2n) is 7.28. The minimum Gasteiger partial charge on any atom is -0.452 e. The van der Waals surface area contributed by atoms with Gasteiger partial charge in [-0.25, -0.2) is 17.9 Å². The number of amides is 1. The molecule has 28 heavy (non-hydrogen) atoms. The Hall–Kier alpha value is -1.87. The molecule has 2 fully saturated rings. The van der Waals surface area contributed by atoms with Crippen molar-refractivity contribution in [2.45, 2.75) is 51.1 Å². The number of ether oxygens (including phenoxy) is 1. The first-order valence-electron chi connectivity index (χ1n) is 9.34. The van der Waals surface area contributed by atoms with Crippen molar-refractivity contribution >= 4 is 39.4 Å². The number of esters is 1. The number of hydrogen-bond donors (Lipinski definition) is 1. The summed E-state index contributed by atoms with van der Waals surface area (Å²) in [5.74, 6) is -0.839. The van der Waals surface area contributed by atoms with Crippen LogP contribution in [-0.2, 0) is 24.2 Å². The van der Waals surface area contributed by atoms with Crippen LogP contribution < -0.4 is 5.32 Å². The lowest BCUT2D eigenvalue weighted by Gasteiger charge is -2.11. The van der Waals surface area contributed by atoms with Crippen LogP contribution in [-0.4, -0.2) is 54.2 Å². The fourth-order valence-corrected chi connectivity index (χ4v) is 5.67. The lowest BCUT2D eigenvalue weighted by molar-refractivity contribution is -0.144. The molecule has 0 spiro atoms. The zero-order chi connectivity index (χ0) is 20.3. The van der Waals surface area contributed by atoms with Gasteiger partial charge in [-0.15, -0.1) is 0 Å². The fraction of sp³-hybridized carbons (Fsp3) is 0.611. The summed E-state index contributed by atoms with van der Waals surface area (Å²) in [4.78, 5) is 23.7. The SMILES string of the molecule is Cc1nn([C@@H]2CCS(=O)(=O)C2)c(Cl)c1/C=C/C(=O)OCC(=O)NC1CCCC1. The van der Waals surface area contributed by atoms with E-state index in [1.165, 1.54) is 16.8 Å². The van der Waals surface area contributed by atoms with Gasteiger partial charge in [0.1, 0.15) is 5.15 Å². The van der Waals surface area contributed by atoms with Crippen molar-refractivity contribution in [2.24, 2.45) is 0 Å². The Kier molecular flexibility index (Phi) is 6.44. The van der Waals surface area contributed by atoms with Gasteiger partial charge in [0.25, 0.3) is 5.91 Å². The van der Waals surface area contributed by atoms with E-state index >= 15 is 0 Å². The number of carbonyl (C=O) groups excluding carboxylic acids is 2. The third kappa shape index (κ3) is 5.14. The van der Waals surface area contributed by atoms with Gasteiger partial charge in [-0.05, 0) is 32.3 Å². The Morgan fingerprint density at radius 3 is 2.68 bits per heavy atom. The summed E-state index contributed by atoms with van der Waals surface area (Å²) in [5.41, 5.74) is 1.11. The highest BCUT2D eigenvalue weighted by atomic mass is 35.5. The molecule has 1 atom stereocenters. The highest BCUT2D eigenvalue weighted by Crippen LogP contribution is 2.30. The minimum atomic E-state index is -3.06. The molecule has 2 heterocycles. The van der Waals surface area contributed by atoms with Crippen molar-refractivity contribution in [3.63, 3.8) is 0 Å². The lowest BCUT2D eigenvalue weighted by atomic mass is 10.2. The average molecular weight is 430 g/mol. The number of sulfone groups is 1. The second-order valence-corrected chi connectivity index (χ2v) is 9.87. The maximum absolute atomic E-state index is 11.9. The van der Waals surface area contributed by atoms with E-state index in [0.29, 0.717) is 17.7 Å². The third-order valence-electron chi connectivity index (χ3n) is 5.08. The predicted molar refractivity (Wildman–Crippen MR) is 105 cm³/mol. The van der Waals surface area contributed by atoms with Gasteiger partial charge in [0.15, 0.2) is 16.4 Å². The predicted octanol–water partition coefficient (Wildman–Crippen LogP) is 1.82. The van der Waals surface area contributed by atoms with E-state index in [4.69, 9.17) is 16.3 Å². The molecule has 1 aromatic rings. The Morgan fingerprint density at radius 2 is 2.04 bits per heavy atom. The van der Waals surface area contributed by atoms with E-state index in [1.54, 1.807) is 6.92 Å². The second kappa shape index (κ2) is 8.65. The number of nitrogens with zero attached hydrogens (tertiary/aromatic N) is 2. The average Bonchev–Trinajstić information content (AvgIpc) is 3.32. The molecule has 1 N–H and O–H groups in total. The molecule has 1 saturated heterocycles. The smallest absolute Gasteiger partial charge is 0.331 e. The summed E-state index contributed by atoms with van der Waals surface area (Å²) in [6, 6.07) is -0.127. The van der Waals surface area contributed by atoms with E-state index in [9.17, 15) is 18.0 Å². The summed E-state index contributed by atoms with van der Waals surface area (Å²) in [5, 5.41) is 7.44. The molecule has 10 heteroatoms. The molecular formula is C18H24ClN3O5S. The summed E-state index contributed by atoms with van der Waals surface area (Å²) >= 11 is 6.35. The Labute approximate surface area is 169 Å². The molecule has 0 unspecified atom stereocenters. The van der Waals surface area contributed by atoms with E-state index in [1.807, 2.05) is 0 Å². The van der Waals surface area contributed by atoms with Crippen LogP contribution in [0.3, 0.4) is 0 Å². The van der Waals surface area contributed by atoms with E-state index in [-0.39, 0.29) is 41.3 Å². The van der Waals surface area contributed by atoms with Crippen LogP contribution in [0.5, 0.6) is 0 Å². The highest BCUT2D eigenvalue weighted by Gasteiger charge is 2.31. The molecule has 154 valence electrons. The summed E-state index contributed by atoms with van der Waals surface area (Å²) in [6.07, 6.45) is 7.26. The van der Waals surface area contributed by atoms with E-state index in [2.05, 4.69) is 10.4 Å². The van der Waals surface area contributed by atoms with Crippen molar-refractivity contribution in [1.29, 1.82) is 0 Å². The molecule has 2 aliphatic rings. The molecule has 0 bridgehead atoms. The van der Waals surface area contributed by atoms with Crippen LogP contribution in [0.25, 0.3) is 6.08 Å². The van der Waals surface area contributed by atoms with Crippen LogP contribution in [0.4, 0.5) is 0 Å². The van der Waals surface area contributed by atoms with Crippen LogP contribution in [0.1, 0.15) is 49.4 Å². The first kappa shape index (κ1) is 20.9. The zero-order valence-electron chi connectivity index (χ0n) is 15.7. The van der Waals surface area contributed by atoms with Crippen molar-refractivity contribution < 1.29 is 22.7 Å². The summed E-state index contributed by atoms with van der Waals surface area (Å²) in [7, 11) is -3.06. The van der Waals surface area contributed by atoms with Gasteiger partial charge >= 0.3 is 5.97 Å². The maximum atomic E-state index is 11.9. The zero-order valence-corrected chi connectivity index (χ0v) is 17.3. The fourth-order valence-electron chi connectivity index (χ4n) is 3.61. The number of aryl methyl sites for hydroxylation is 1. The van der Waals surface area contributed by atoms with Crippen LogP contribution in [0, 0.1) is 6.92 Å². The molecule has 1 saturated carbocycles. The summed E-state index contributed by atoms with van der Waals surface area (Å²) in [6.45, 7) is 1.40. The number of carbonyl (C=O) groups is 2. The molecular weight excluding hydrogens is 406 g/mol. The first-order chi connectivity index (χ1) is 13.2. The van der Waals surface area contributed by atoms with Gasteiger partial charge in [0.05, 0.1) is 23.2 Å². The van der Waals surface area contributed by atoms with Gasteiger partial charge < -0.3 is 10.1 Å². The van der Waals surface area contributed by atoms with Gasteiger partial charge in [0, 0.05) is 17.7 Å². The molecule has 1 amide bonds. The minimum absolute atomic E-state index is 0.00907. The van der Waals surface area contributed by atoms with Crippen molar-refractivity contribution in [2.75, 3.05) is 18.1 Å². The van der Waals surface area contributed by atoms with Gasteiger partial charge in [-0.2, -0.15) is 5.10 Å². The molecule has 8 nitrogen and oxygen atoms in total. The molecule has 1 aliphatic carbocycles. The highest BCUT2D eigenvalue weighted by molar-refractivity contribution is 7.91. The van der Waals surface area contributed by atoms with Crippen molar-refractivity contribution in [3.05, 3.63) is 22.5 Å². The Balaban J connectivity index is 1.56. The largest absolute Gasteiger partial charge is 0.452 e. The monoisotopic (exact) mass is 429 g/mol. The van der Waals surface area contributed by atoms with Gasteiger partial charge in [0.2, 0.25) is 0 Å². The maximum Gasteiger partial charge on any atom is 0.331 e. The van der Waals surface area contributed by atoms with Crippen LogP contribution in [0.2, 0.25) is 5.15 Å². The number of hydrogen-bond acceptors (Lipinski definition) is 6. The number of aromatic nitrogens is 2. The summed E-state index contributed by atoms with van der Waals surface area (Å²) < 4.78 is 29.8. The molecule has 0 aromatic carbocycles. The normalized spacial score (nSPS) is 22.0. The van der Waals surface area contributed by atoms with Gasteiger partial charge in [-0.1, -0.05) is 24.4 Å². The third-order valence-corrected chi connectivity index (χ3v) is 7.20. The van der Waals surface area contributed by atoms with E-state index < -0.39 is 15.8 Å². The molecule has 3 rings (SSSR count). The lowest BCUT2D eigenvalue weighted by Crippen LogP contribution is -2.35. The van der Waals surface area contributed by atoms with Crippen molar-refractivity contribution in [3.8, 4) is 0 Å².